The molecule has 0 amide bonds. The molecule has 3 aromatic rings. The minimum Gasteiger partial charge on any atom is -0.491 e. The summed E-state index contributed by atoms with van der Waals surface area (Å²) in [5, 5.41) is 0.252. The summed E-state index contributed by atoms with van der Waals surface area (Å²) >= 11 is 6.00. The Morgan fingerprint density at radius 3 is 2.52 bits per heavy atom. The van der Waals surface area contributed by atoms with Crippen molar-refractivity contribution in [2.75, 3.05) is 0 Å². The molecule has 0 aliphatic carbocycles. The minimum absolute atomic E-state index is 0.0276. The predicted octanol–water partition coefficient (Wildman–Crippen LogP) is 2.92. The first kappa shape index (κ1) is 22.7. The van der Waals surface area contributed by atoms with Gasteiger partial charge in [-0.1, -0.05) is 11.6 Å². The zero-order chi connectivity index (χ0) is 22.6. The number of nitrogens with zero attached hydrogens (tertiary/aromatic N) is 1. The molecule has 31 heavy (non-hydrogen) atoms. The van der Waals surface area contributed by atoms with Gasteiger partial charge in [0, 0.05) is 30.6 Å². The van der Waals surface area contributed by atoms with E-state index in [0.717, 1.165) is 0 Å². The Labute approximate surface area is 184 Å². The third-order valence-electron chi connectivity index (χ3n) is 4.15. The van der Waals surface area contributed by atoms with E-state index in [-0.39, 0.29) is 39.4 Å². The van der Waals surface area contributed by atoms with Gasteiger partial charge in [-0.3, -0.25) is 14.6 Å². The van der Waals surface area contributed by atoms with E-state index in [1.54, 1.807) is 12.1 Å². The van der Waals surface area contributed by atoms with Crippen molar-refractivity contribution in [3.8, 4) is 5.75 Å². The van der Waals surface area contributed by atoms with Gasteiger partial charge in [0.2, 0.25) is 21.4 Å². The van der Waals surface area contributed by atoms with E-state index >= 15 is 0 Å². The number of sulfonamides is 1. The van der Waals surface area contributed by atoms with Gasteiger partial charge < -0.3 is 9.72 Å². The van der Waals surface area contributed by atoms with Crippen LogP contribution in [0.4, 0.5) is 0 Å². The quantitative estimate of drug-likeness (QED) is 0.498. The van der Waals surface area contributed by atoms with Crippen LogP contribution >= 0.6 is 11.6 Å². The molecule has 0 aliphatic rings. The summed E-state index contributed by atoms with van der Waals surface area (Å²) in [7, 11) is -3.86. The molecular weight excluding hydrogens is 442 g/mol. The average Bonchev–Trinajstić information content (AvgIpc) is 2.72. The largest absolute Gasteiger partial charge is 0.491 e. The first-order valence-corrected chi connectivity index (χ1v) is 11.2. The number of ketones is 1. The lowest BCUT2D eigenvalue weighted by atomic mass is 10.1. The fourth-order valence-electron chi connectivity index (χ4n) is 2.73. The molecule has 0 saturated carbocycles. The maximum atomic E-state index is 12.8. The number of aromatic nitrogens is 2. The number of aromatic amines is 1. The summed E-state index contributed by atoms with van der Waals surface area (Å²) in [6.45, 7) is 3.54. The molecule has 0 atom stereocenters. The molecule has 8 nitrogen and oxygen atoms in total. The van der Waals surface area contributed by atoms with Crippen molar-refractivity contribution in [3.05, 3.63) is 87.1 Å². The number of carbonyl (C=O) groups is 1. The van der Waals surface area contributed by atoms with E-state index in [9.17, 15) is 18.0 Å². The van der Waals surface area contributed by atoms with Crippen molar-refractivity contribution in [1.82, 2.24) is 14.7 Å². The minimum atomic E-state index is -3.86. The monoisotopic (exact) mass is 461 g/mol. The van der Waals surface area contributed by atoms with Crippen molar-refractivity contribution in [2.45, 2.75) is 31.4 Å². The summed E-state index contributed by atoms with van der Waals surface area (Å²) in [5.41, 5.74) is 0.185. The van der Waals surface area contributed by atoms with Crippen LogP contribution in [0.2, 0.25) is 5.02 Å². The molecule has 0 unspecified atom stereocenters. The molecule has 0 saturated heterocycles. The lowest BCUT2D eigenvalue weighted by Gasteiger charge is -2.12. The van der Waals surface area contributed by atoms with Crippen LogP contribution < -0.4 is 15.0 Å². The highest BCUT2D eigenvalue weighted by atomic mass is 35.5. The number of nitrogens with one attached hydrogen (secondary N) is 2. The fraction of sp³-hybridized carbons (Fsp3) is 0.190. The number of hydrogen-bond acceptors (Lipinski definition) is 6. The van der Waals surface area contributed by atoms with Crippen LogP contribution in [0.3, 0.4) is 0 Å². The van der Waals surface area contributed by atoms with E-state index in [2.05, 4.69) is 14.7 Å². The first-order chi connectivity index (χ1) is 14.7. The lowest BCUT2D eigenvalue weighted by Crippen LogP contribution is -2.25. The lowest BCUT2D eigenvalue weighted by molar-refractivity contribution is 0.103. The van der Waals surface area contributed by atoms with Crippen LogP contribution in [0.25, 0.3) is 0 Å². The van der Waals surface area contributed by atoms with E-state index in [1.165, 1.54) is 42.7 Å². The number of pyridine rings is 2. The van der Waals surface area contributed by atoms with Crippen LogP contribution in [0, 0.1) is 0 Å². The topological polar surface area (TPSA) is 118 Å². The average molecular weight is 462 g/mol. The summed E-state index contributed by atoms with van der Waals surface area (Å²) < 4.78 is 33.3. The summed E-state index contributed by atoms with van der Waals surface area (Å²) in [6.07, 6.45) is 2.54. The number of benzene rings is 1. The van der Waals surface area contributed by atoms with Gasteiger partial charge in [0.05, 0.1) is 16.0 Å². The normalized spacial score (nSPS) is 11.5. The van der Waals surface area contributed by atoms with Gasteiger partial charge in [0.1, 0.15) is 11.4 Å². The maximum Gasteiger partial charge on any atom is 0.247 e. The summed E-state index contributed by atoms with van der Waals surface area (Å²) in [4.78, 5) is 30.6. The summed E-state index contributed by atoms with van der Waals surface area (Å²) in [6, 6.07) is 10.1. The number of rotatable bonds is 8. The van der Waals surface area contributed by atoms with Crippen molar-refractivity contribution < 1.29 is 17.9 Å². The van der Waals surface area contributed by atoms with Crippen LogP contribution in [0.5, 0.6) is 5.75 Å². The van der Waals surface area contributed by atoms with Gasteiger partial charge in [-0.15, -0.1) is 0 Å². The number of halogens is 1. The van der Waals surface area contributed by atoms with Gasteiger partial charge in [0.15, 0.2) is 0 Å². The number of carbonyl (C=O) groups excluding carboxylic acids is 1. The Bertz CT molecular complexity index is 1230. The van der Waals surface area contributed by atoms with Crippen LogP contribution in [-0.4, -0.2) is 30.3 Å². The Morgan fingerprint density at radius 1 is 1.19 bits per heavy atom. The van der Waals surface area contributed by atoms with Crippen LogP contribution in [0.1, 0.15) is 35.5 Å². The molecule has 0 fully saturated rings. The Hall–Kier alpha value is -3.01. The van der Waals surface area contributed by atoms with E-state index < -0.39 is 15.8 Å². The molecule has 2 heterocycles. The van der Waals surface area contributed by atoms with Gasteiger partial charge in [-0.25, -0.2) is 13.1 Å². The Morgan fingerprint density at radius 2 is 1.90 bits per heavy atom. The fourth-order valence-corrected chi connectivity index (χ4v) is 3.92. The Kier molecular flexibility index (Phi) is 6.89. The smallest absolute Gasteiger partial charge is 0.247 e. The van der Waals surface area contributed by atoms with Crippen molar-refractivity contribution in [1.29, 1.82) is 0 Å². The number of hydrogen-bond donors (Lipinski definition) is 2. The SMILES string of the molecule is CC(C)Oc1ccc(S(=O)(=O)NCc2cc(Cl)cnc2C(=O)c2ccc(=O)[nH]c2)cc1. The molecular formula is C21H20ClN3O5S. The highest BCUT2D eigenvalue weighted by molar-refractivity contribution is 7.89. The predicted molar refractivity (Wildman–Crippen MR) is 116 cm³/mol. The molecule has 0 aliphatic heterocycles. The molecule has 10 heteroatoms. The zero-order valence-corrected chi connectivity index (χ0v) is 18.3. The van der Waals surface area contributed by atoms with Crippen molar-refractivity contribution in [3.63, 3.8) is 0 Å². The van der Waals surface area contributed by atoms with Gasteiger partial charge in [-0.2, -0.15) is 0 Å². The number of H-pyrrole nitrogens is 1. The van der Waals surface area contributed by atoms with Gasteiger partial charge in [-0.05, 0) is 55.8 Å². The Balaban J connectivity index is 1.82. The van der Waals surface area contributed by atoms with Gasteiger partial charge in [0.25, 0.3) is 0 Å². The summed E-state index contributed by atoms with van der Waals surface area (Å²) in [5.74, 6) is 0.0825. The molecule has 2 aromatic heterocycles. The molecule has 162 valence electrons. The van der Waals surface area contributed by atoms with Crippen LogP contribution in [-0.2, 0) is 16.6 Å². The van der Waals surface area contributed by atoms with E-state index in [4.69, 9.17) is 16.3 Å². The second-order valence-corrected chi connectivity index (χ2v) is 9.10. The molecule has 1 aromatic carbocycles. The molecule has 2 N–H and O–H groups in total. The molecule has 3 rings (SSSR count). The highest BCUT2D eigenvalue weighted by Crippen LogP contribution is 2.19. The zero-order valence-electron chi connectivity index (χ0n) is 16.8. The first-order valence-electron chi connectivity index (χ1n) is 9.30. The molecule has 0 bridgehead atoms. The second kappa shape index (κ2) is 9.42. The maximum absolute atomic E-state index is 12.8. The standard InChI is InChI=1S/C21H20ClN3O5S/c1-13(2)30-17-4-6-18(7-5-17)31(28,29)25-11-15-9-16(22)12-24-20(15)21(27)14-3-8-19(26)23-10-14/h3-10,12-13,25H,11H2,1-2H3,(H,23,26). The second-order valence-electron chi connectivity index (χ2n) is 6.89. The van der Waals surface area contributed by atoms with Crippen molar-refractivity contribution in [2.24, 2.45) is 0 Å². The van der Waals surface area contributed by atoms with Crippen LogP contribution in [0.15, 0.2) is 64.5 Å². The highest BCUT2D eigenvalue weighted by Gasteiger charge is 2.19. The van der Waals surface area contributed by atoms with E-state index in [0.29, 0.717) is 11.3 Å². The third-order valence-corrected chi connectivity index (χ3v) is 5.78. The molecule has 0 spiro atoms. The van der Waals surface area contributed by atoms with Gasteiger partial charge >= 0.3 is 0 Å². The van der Waals surface area contributed by atoms with E-state index in [1.807, 2.05) is 13.8 Å². The third kappa shape index (κ3) is 5.78. The molecule has 0 radical (unpaired) electrons. The number of ether oxygens (including phenoxy) is 1. The van der Waals surface area contributed by atoms with Crippen molar-refractivity contribution >= 4 is 27.4 Å².